The zero-order chi connectivity index (χ0) is 13.0. The molecule has 104 valence electrons. The van der Waals surface area contributed by atoms with Crippen LogP contribution in [0.25, 0.3) is 0 Å². The molecule has 0 saturated heterocycles. The van der Waals surface area contributed by atoms with Crippen molar-refractivity contribution in [2.24, 2.45) is 11.3 Å². The Bertz CT molecular complexity index is 268. The topological polar surface area (TPSA) is 40.5 Å². The highest BCUT2D eigenvalue weighted by atomic mass is 16.3. The van der Waals surface area contributed by atoms with Crippen LogP contribution in [0, 0.1) is 11.3 Å². The summed E-state index contributed by atoms with van der Waals surface area (Å²) in [4.78, 5) is 13.9. The molecule has 0 unspecified atom stereocenters. The average molecular weight is 253 g/mol. The van der Waals surface area contributed by atoms with E-state index >= 15 is 0 Å². The van der Waals surface area contributed by atoms with Gasteiger partial charge in [0.25, 0.3) is 0 Å². The lowest BCUT2D eigenvalue weighted by Gasteiger charge is -2.44. The lowest BCUT2D eigenvalue weighted by atomic mass is 9.71. The van der Waals surface area contributed by atoms with E-state index in [0.29, 0.717) is 6.04 Å². The fourth-order valence-corrected chi connectivity index (χ4v) is 3.33. The highest BCUT2D eigenvalue weighted by Gasteiger charge is 2.38. The molecule has 2 fully saturated rings. The van der Waals surface area contributed by atoms with E-state index in [1.807, 2.05) is 0 Å². The molecule has 2 aliphatic carbocycles. The smallest absolute Gasteiger partial charge is 0.127 e. The SMILES string of the molecule is CC1CCC(C=O)(CN(CCO)C2CCC2)CC1. The molecular weight excluding hydrogens is 226 g/mol. The van der Waals surface area contributed by atoms with E-state index in [-0.39, 0.29) is 12.0 Å². The molecule has 0 aliphatic heterocycles. The van der Waals surface area contributed by atoms with Gasteiger partial charge in [-0.2, -0.15) is 0 Å². The van der Waals surface area contributed by atoms with Gasteiger partial charge in [0.2, 0.25) is 0 Å². The Kier molecular flexibility index (Phi) is 4.79. The third kappa shape index (κ3) is 3.12. The maximum Gasteiger partial charge on any atom is 0.127 e. The van der Waals surface area contributed by atoms with Gasteiger partial charge in [0.05, 0.1) is 6.61 Å². The number of hydrogen-bond donors (Lipinski definition) is 1. The summed E-state index contributed by atoms with van der Waals surface area (Å²) in [5, 5.41) is 9.20. The summed E-state index contributed by atoms with van der Waals surface area (Å²) < 4.78 is 0. The molecule has 0 heterocycles. The number of carbonyl (C=O) groups excluding carboxylic acids is 1. The first kappa shape index (κ1) is 14.0. The second kappa shape index (κ2) is 6.16. The average Bonchev–Trinajstić information content (AvgIpc) is 2.31. The van der Waals surface area contributed by atoms with Gasteiger partial charge < -0.3 is 9.90 Å². The normalized spacial score (nSPS) is 33.4. The molecular formula is C15H27NO2. The van der Waals surface area contributed by atoms with Gasteiger partial charge in [-0.3, -0.25) is 4.90 Å². The van der Waals surface area contributed by atoms with Crippen molar-refractivity contribution >= 4 is 6.29 Å². The number of aldehydes is 1. The third-order valence-electron chi connectivity index (χ3n) is 5.02. The number of aliphatic hydroxyl groups is 1. The van der Waals surface area contributed by atoms with Crippen LogP contribution in [0.15, 0.2) is 0 Å². The first-order chi connectivity index (χ1) is 8.69. The first-order valence-corrected chi connectivity index (χ1v) is 7.50. The zero-order valence-electron chi connectivity index (χ0n) is 11.6. The number of nitrogens with zero attached hydrogens (tertiary/aromatic N) is 1. The third-order valence-corrected chi connectivity index (χ3v) is 5.02. The van der Waals surface area contributed by atoms with Crippen molar-refractivity contribution in [3.8, 4) is 0 Å². The van der Waals surface area contributed by atoms with Crippen LogP contribution in [-0.2, 0) is 4.79 Å². The molecule has 0 radical (unpaired) electrons. The van der Waals surface area contributed by atoms with E-state index in [1.165, 1.54) is 38.4 Å². The molecule has 0 bridgehead atoms. The molecule has 0 aromatic rings. The van der Waals surface area contributed by atoms with Gasteiger partial charge in [-0.25, -0.2) is 0 Å². The molecule has 0 aromatic carbocycles. The predicted octanol–water partition coefficient (Wildman–Crippen LogP) is 2.23. The van der Waals surface area contributed by atoms with Crippen molar-refractivity contribution in [2.45, 2.75) is 57.9 Å². The van der Waals surface area contributed by atoms with Gasteiger partial charge in [-0.05, 0) is 44.4 Å². The van der Waals surface area contributed by atoms with Crippen molar-refractivity contribution in [2.75, 3.05) is 19.7 Å². The minimum absolute atomic E-state index is 0.128. The Hall–Kier alpha value is -0.410. The highest BCUT2D eigenvalue weighted by molar-refractivity contribution is 5.60. The van der Waals surface area contributed by atoms with Gasteiger partial charge in [0.15, 0.2) is 0 Å². The summed E-state index contributed by atoms with van der Waals surface area (Å²) in [6.07, 6.45) is 9.42. The second-order valence-electron chi connectivity index (χ2n) is 6.44. The molecule has 18 heavy (non-hydrogen) atoms. The fraction of sp³-hybridized carbons (Fsp3) is 0.933. The van der Waals surface area contributed by atoms with E-state index in [4.69, 9.17) is 0 Å². The lowest BCUT2D eigenvalue weighted by molar-refractivity contribution is -0.120. The highest BCUT2D eigenvalue weighted by Crippen LogP contribution is 2.39. The summed E-state index contributed by atoms with van der Waals surface area (Å²) in [7, 11) is 0. The van der Waals surface area contributed by atoms with Crippen LogP contribution in [-0.4, -0.2) is 42.0 Å². The summed E-state index contributed by atoms with van der Waals surface area (Å²) >= 11 is 0. The Morgan fingerprint density at radius 3 is 2.39 bits per heavy atom. The van der Waals surface area contributed by atoms with Crippen LogP contribution in [0.2, 0.25) is 0 Å². The monoisotopic (exact) mass is 253 g/mol. The van der Waals surface area contributed by atoms with E-state index in [2.05, 4.69) is 11.8 Å². The summed E-state index contributed by atoms with van der Waals surface area (Å²) in [6.45, 7) is 4.10. The summed E-state index contributed by atoms with van der Waals surface area (Å²) in [5.74, 6) is 0.771. The quantitative estimate of drug-likeness (QED) is 0.738. The number of hydrogen-bond acceptors (Lipinski definition) is 3. The lowest BCUT2D eigenvalue weighted by Crippen LogP contribution is -2.49. The van der Waals surface area contributed by atoms with Crippen LogP contribution in [0.4, 0.5) is 0 Å². The maximum atomic E-state index is 11.6. The van der Waals surface area contributed by atoms with E-state index in [1.54, 1.807) is 0 Å². The van der Waals surface area contributed by atoms with Crippen LogP contribution >= 0.6 is 0 Å². The molecule has 0 spiro atoms. The molecule has 3 nitrogen and oxygen atoms in total. The van der Waals surface area contributed by atoms with Gasteiger partial charge in [0, 0.05) is 24.5 Å². The first-order valence-electron chi connectivity index (χ1n) is 7.50. The van der Waals surface area contributed by atoms with Crippen molar-refractivity contribution in [3.05, 3.63) is 0 Å². The Balaban J connectivity index is 1.96. The Morgan fingerprint density at radius 2 is 1.94 bits per heavy atom. The van der Waals surface area contributed by atoms with Crippen LogP contribution in [0.3, 0.4) is 0 Å². The maximum absolute atomic E-state index is 11.6. The van der Waals surface area contributed by atoms with Crippen molar-refractivity contribution in [1.82, 2.24) is 4.90 Å². The van der Waals surface area contributed by atoms with Crippen molar-refractivity contribution in [1.29, 1.82) is 0 Å². The van der Waals surface area contributed by atoms with Gasteiger partial charge in [-0.15, -0.1) is 0 Å². The largest absolute Gasteiger partial charge is 0.395 e. The van der Waals surface area contributed by atoms with Crippen LogP contribution in [0.5, 0.6) is 0 Å². The van der Waals surface area contributed by atoms with Gasteiger partial charge in [0.1, 0.15) is 6.29 Å². The van der Waals surface area contributed by atoms with Crippen molar-refractivity contribution in [3.63, 3.8) is 0 Å². The second-order valence-corrected chi connectivity index (χ2v) is 6.44. The van der Waals surface area contributed by atoms with E-state index in [9.17, 15) is 9.90 Å². The summed E-state index contributed by atoms with van der Waals surface area (Å²) in [5.41, 5.74) is -0.128. The molecule has 2 rings (SSSR count). The number of rotatable bonds is 6. The molecule has 0 atom stereocenters. The van der Waals surface area contributed by atoms with Crippen LogP contribution in [0.1, 0.15) is 51.9 Å². The molecule has 1 N–H and O–H groups in total. The minimum Gasteiger partial charge on any atom is -0.395 e. The molecule has 2 aliphatic rings. The number of carbonyl (C=O) groups is 1. The standard InChI is InChI=1S/C15H27NO2/c1-13-5-7-15(12-18,8-6-13)11-16(9-10-17)14-3-2-4-14/h12-14,17H,2-11H2,1H3. The molecule has 2 saturated carbocycles. The fourth-order valence-electron chi connectivity index (χ4n) is 3.33. The van der Waals surface area contributed by atoms with Crippen molar-refractivity contribution < 1.29 is 9.90 Å². The minimum atomic E-state index is -0.128. The Labute approximate surface area is 111 Å². The van der Waals surface area contributed by atoms with Gasteiger partial charge in [-0.1, -0.05) is 13.3 Å². The van der Waals surface area contributed by atoms with E-state index < -0.39 is 0 Å². The molecule has 0 amide bonds. The van der Waals surface area contributed by atoms with E-state index in [0.717, 1.165) is 31.8 Å². The van der Waals surface area contributed by atoms with Gasteiger partial charge >= 0.3 is 0 Å². The van der Waals surface area contributed by atoms with Crippen LogP contribution < -0.4 is 0 Å². The predicted molar refractivity (Wildman–Crippen MR) is 72.4 cm³/mol. The molecule has 0 aromatic heterocycles. The number of aliphatic hydroxyl groups excluding tert-OH is 1. The zero-order valence-corrected chi connectivity index (χ0v) is 11.6. The summed E-state index contributed by atoms with van der Waals surface area (Å²) in [6, 6.07) is 0.619. The molecule has 3 heteroatoms. The Morgan fingerprint density at radius 1 is 1.28 bits per heavy atom.